The van der Waals surface area contributed by atoms with E-state index in [2.05, 4.69) is 10.3 Å². The van der Waals surface area contributed by atoms with E-state index >= 15 is 0 Å². The van der Waals surface area contributed by atoms with Gasteiger partial charge in [-0.15, -0.1) is 0 Å². The van der Waals surface area contributed by atoms with Crippen molar-refractivity contribution in [1.82, 2.24) is 10.3 Å². The number of fused-ring (bicyclic) bond motifs is 1. The van der Waals surface area contributed by atoms with Crippen molar-refractivity contribution in [3.8, 4) is 6.07 Å². The highest BCUT2D eigenvalue weighted by molar-refractivity contribution is 5.98. The van der Waals surface area contributed by atoms with Crippen LogP contribution in [-0.2, 0) is 0 Å². The first-order chi connectivity index (χ1) is 8.20. The first kappa shape index (κ1) is 11.2. The molecule has 1 atom stereocenters. The maximum absolute atomic E-state index is 11.9. The molecule has 0 aliphatic rings. The van der Waals surface area contributed by atoms with Crippen molar-refractivity contribution in [3.05, 3.63) is 36.0 Å². The van der Waals surface area contributed by atoms with Gasteiger partial charge in [0, 0.05) is 28.7 Å². The zero-order valence-electron chi connectivity index (χ0n) is 9.53. The lowest BCUT2D eigenvalue weighted by molar-refractivity contribution is 0.0941. The van der Waals surface area contributed by atoms with Crippen LogP contribution in [0.3, 0.4) is 0 Å². The van der Waals surface area contributed by atoms with Crippen LogP contribution < -0.4 is 5.32 Å². The van der Waals surface area contributed by atoms with E-state index in [9.17, 15) is 4.79 Å². The molecule has 0 aliphatic heterocycles. The van der Waals surface area contributed by atoms with E-state index in [0.717, 1.165) is 10.9 Å². The lowest BCUT2D eigenvalue weighted by atomic mass is 10.1. The van der Waals surface area contributed by atoms with Crippen molar-refractivity contribution >= 4 is 16.8 Å². The molecule has 1 aromatic carbocycles. The van der Waals surface area contributed by atoms with E-state index in [4.69, 9.17) is 5.26 Å². The highest BCUT2D eigenvalue weighted by atomic mass is 16.1. The second-order valence-electron chi connectivity index (χ2n) is 4.02. The van der Waals surface area contributed by atoms with Crippen molar-refractivity contribution in [3.63, 3.8) is 0 Å². The first-order valence-corrected chi connectivity index (χ1v) is 5.45. The summed E-state index contributed by atoms with van der Waals surface area (Å²) in [4.78, 5) is 14.9. The van der Waals surface area contributed by atoms with Crippen molar-refractivity contribution in [2.24, 2.45) is 0 Å². The minimum atomic E-state index is -0.143. The molecule has 17 heavy (non-hydrogen) atoms. The maximum atomic E-state index is 11.9. The monoisotopic (exact) mass is 227 g/mol. The largest absolute Gasteiger partial charge is 0.361 e. The number of aromatic nitrogens is 1. The Balaban J connectivity index is 2.16. The molecular formula is C13H13N3O. The normalized spacial score (nSPS) is 12.0. The van der Waals surface area contributed by atoms with Crippen molar-refractivity contribution < 1.29 is 4.79 Å². The topological polar surface area (TPSA) is 68.7 Å². The second-order valence-corrected chi connectivity index (χ2v) is 4.02. The Hall–Kier alpha value is -2.28. The molecule has 2 aromatic rings. The number of carbonyl (C=O) groups excluding carboxylic acids is 1. The molecule has 4 heteroatoms. The molecular weight excluding hydrogens is 214 g/mol. The fourth-order valence-electron chi connectivity index (χ4n) is 1.69. The van der Waals surface area contributed by atoms with Crippen LogP contribution in [0.15, 0.2) is 30.5 Å². The van der Waals surface area contributed by atoms with Gasteiger partial charge in [-0.3, -0.25) is 4.79 Å². The lowest BCUT2D eigenvalue weighted by Crippen LogP contribution is -2.32. The van der Waals surface area contributed by atoms with Crippen LogP contribution in [0.25, 0.3) is 10.9 Å². The number of carbonyl (C=O) groups is 1. The first-order valence-electron chi connectivity index (χ1n) is 5.45. The molecule has 0 spiro atoms. The molecule has 0 fully saturated rings. The van der Waals surface area contributed by atoms with Crippen LogP contribution in [-0.4, -0.2) is 16.9 Å². The molecule has 0 radical (unpaired) electrons. The quantitative estimate of drug-likeness (QED) is 0.844. The fraction of sp³-hybridized carbons (Fsp3) is 0.231. The van der Waals surface area contributed by atoms with Gasteiger partial charge < -0.3 is 10.3 Å². The van der Waals surface area contributed by atoms with Gasteiger partial charge in [-0.1, -0.05) is 0 Å². The predicted octanol–water partition coefficient (Wildman–Crippen LogP) is 2.20. The predicted molar refractivity (Wildman–Crippen MR) is 65.5 cm³/mol. The van der Waals surface area contributed by atoms with Crippen molar-refractivity contribution in [2.75, 3.05) is 0 Å². The minimum Gasteiger partial charge on any atom is -0.361 e. The number of nitrogens with zero attached hydrogens (tertiary/aromatic N) is 1. The van der Waals surface area contributed by atoms with Crippen molar-refractivity contribution in [1.29, 1.82) is 5.26 Å². The average Bonchev–Trinajstić information content (AvgIpc) is 2.75. The number of nitrogens with one attached hydrogen (secondary N) is 2. The third-order valence-corrected chi connectivity index (χ3v) is 2.59. The summed E-state index contributed by atoms with van der Waals surface area (Å²) in [6.07, 6.45) is 2.16. The number of nitriles is 1. The molecule has 2 rings (SSSR count). The zero-order valence-corrected chi connectivity index (χ0v) is 9.53. The number of hydrogen-bond donors (Lipinski definition) is 2. The summed E-state index contributed by atoms with van der Waals surface area (Å²) in [6, 6.07) is 9.30. The third kappa shape index (κ3) is 2.45. The third-order valence-electron chi connectivity index (χ3n) is 2.59. The molecule has 0 aliphatic carbocycles. The van der Waals surface area contributed by atoms with Crippen LogP contribution >= 0.6 is 0 Å². The smallest absolute Gasteiger partial charge is 0.251 e. The molecule has 0 saturated heterocycles. The van der Waals surface area contributed by atoms with E-state index in [1.165, 1.54) is 0 Å². The summed E-state index contributed by atoms with van der Waals surface area (Å²) in [5.74, 6) is -0.143. The van der Waals surface area contributed by atoms with Gasteiger partial charge in [-0.05, 0) is 31.2 Å². The zero-order chi connectivity index (χ0) is 12.3. The Labute approximate surface area is 99.3 Å². The average molecular weight is 227 g/mol. The lowest BCUT2D eigenvalue weighted by Gasteiger charge is -2.10. The summed E-state index contributed by atoms with van der Waals surface area (Å²) in [5, 5.41) is 12.3. The van der Waals surface area contributed by atoms with Crippen LogP contribution in [0.1, 0.15) is 23.7 Å². The minimum absolute atomic E-state index is 0.130. The van der Waals surface area contributed by atoms with Crippen molar-refractivity contribution in [2.45, 2.75) is 19.4 Å². The Morgan fingerprint density at radius 3 is 3.12 bits per heavy atom. The fourth-order valence-corrected chi connectivity index (χ4v) is 1.69. The highest BCUT2D eigenvalue weighted by Crippen LogP contribution is 2.14. The van der Waals surface area contributed by atoms with Gasteiger partial charge in [0.1, 0.15) is 0 Å². The second kappa shape index (κ2) is 4.71. The van der Waals surface area contributed by atoms with Crippen LogP contribution in [0.2, 0.25) is 0 Å². The Bertz CT molecular complexity index is 580. The van der Waals surface area contributed by atoms with Gasteiger partial charge in [0.25, 0.3) is 5.91 Å². The van der Waals surface area contributed by atoms with Gasteiger partial charge in [-0.2, -0.15) is 5.26 Å². The molecule has 1 heterocycles. The summed E-state index contributed by atoms with van der Waals surface area (Å²) in [6.45, 7) is 1.82. The molecule has 4 nitrogen and oxygen atoms in total. The molecule has 1 aromatic heterocycles. The summed E-state index contributed by atoms with van der Waals surface area (Å²) >= 11 is 0. The van der Waals surface area contributed by atoms with Crippen LogP contribution in [0.4, 0.5) is 0 Å². The summed E-state index contributed by atoms with van der Waals surface area (Å²) in [7, 11) is 0. The number of rotatable bonds is 3. The van der Waals surface area contributed by atoms with E-state index in [-0.39, 0.29) is 11.9 Å². The molecule has 0 bridgehead atoms. The number of hydrogen-bond acceptors (Lipinski definition) is 2. The summed E-state index contributed by atoms with van der Waals surface area (Å²) in [5.41, 5.74) is 1.62. The maximum Gasteiger partial charge on any atom is 0.251 e. The van der Waals surface area contributed by atoms with Gasteiger partial charge in [0.2, 0.25) is 0 Å². The van der Waals surface area contributed by atoms with E-state index < -0.39 is 0 Å². The van der Waals surface area contributed by atoms with Crippen LogP contribution in [0.5, 0.6) is 0 Å². The number of H-pyrrole nitrogens is 1. The number of amides is 1. The highest BCUT2D eigenvalue weighted by Gasteiger charge is 2.09. The standard InChI is InChI=1S/C13H13N3O/c1-9(4-6-14)16-13(17)11-2-3-12-10(8-11)5-7-15-12/h2-3,5,7-9,15H,4H2,1H3,(H,16,17). The number of benzene rings is 1. The van der Waals surface area contributed by atoms with Gasteiger partial charge in [0.15, 0.2) is 0 Å². The van der Waals surface area contributed by atoms with Gasteiger partial charge in [0.05, 0.1) is 12.5 Å². The SMILES string of the molecule is CC(CC#N)NC(=O)c1ccc2[nH]ccc2c1. The Morgan fingerprint density at radius 1 is 1.53 bits per heavy atom. The van der Waals surface area contributed by atoms with Crippen LogP contribution in [0, 0.1) is 11.3 Å². The van der Waals surface area contributed by atoms with E-state index in [1.807, 2.05) is 37.4 Å². The number of aromatic amines is 1. The molecule has 1 unspecified atom stereocenters. The molecule has 2 N–H and O–H groups in total. The molecule has 86 valence electrons. The Kier molecular flexibility index (Phi) is 3.10. The van der Waals surface area contributed by atoms with E-state index in [1.54, 1.807) is 6.07 Å². The molecule has 1 amide bonds. The van der Waals surface area contributed by atoms with Gasteiger partial charge >= 0.3 is 0 Å². The molecule has 0 saturated carbocycles. The Morgan fingerprint density at radius 2 is 2.35 bits per heavy atom. The summed E-state index contributed by atoms with van der Waals surface area (Å²) < 4.78 is 0. The van der Waals surface area contributed by atoms with Gasteiger partial charge in [-0.25, -0.2) is 0 Å². The van der Waals surface area contributed by atoms with E-state index in [0.29, 0.717) is 12.0 Å².